The Morgan fingerprint density at radius 1 is 1.25 bits per heavy atom. The van der Waals surface area contributed by atoms with Gasteiger partial charge in [-0.3, -0.25) is 9.59 Å². The number of methoxy groups -OCH3 is 1. The molecule has 0 saturated carbocycles. The predicted octanol–water partition coefficient (Wildman–Crippen LogP) is 2.34. The van der Waals surface area contributed by atoms with Crippen LogP contribution in [0.2, 0.25) is 0 Å². The van der Waals surface area contributed by atoms with E-state index in [-0.39, 0.29) is 11.8 Å². The lowest BCUT2D eigenvalue weighted by Crippen LogP contribution is -2.34. The van der Waals surface area contributed by atoms with Crippen molar-refractivity contribution in [2.75, 3.05) is 12.4 Å². The lowest BCUT2D eigenvalue weighted by molar-refractivity contribution is -0.122. The summed E-state index contributed by atoms with van der Waals surface area (Å²) in [5.74, 6) is 0.869. The molecule has 2 N–H and O–H groups in total. The zero-order valence-corrected chi connectivity index (χ0v) is 13.5. The second kappa shape index (κ2) is 6.62. The van der Waals surface area contributed by atoms with Crippen molar-refractivity contribution < 1.29 is 19.1 Å². The third-order valence-electron chi connectivity index (χ3n) is 3.79. The summed E-state index contributed by atoms with van der Waals surface area (Å²) in [6.07, 6.45) is -0.574. The van der Waals surface area contributed by atoms with Gasteiger partial charge in [-0.2, -0.15) is 0 Å². The highest BCUT2D eigenvalue weighted by molar-refractivity contribution is 6.00. The Balaban J connectivity index is 1.67. The number of nitrogens with one attached hydrogen (secondary N) is 2. The molecule has 0 aromatic heterocycles. The van der Waals surface area contributed by atoms with Crippen LogP contribution >= 0.6 is 0 Å². The Hall–Kier alpha value is -3.02. The van der Waals surface area contributed by atoms with Crippen LogP contribution in [0.15, 0.2) is 42.5 Å². The van der Waals surface area contributed by atoms with Crippen LogP contribution in [0.4, 0.5) is 5.69 Å². The average Bonchev–Trinajstić information content (AvgIpc) is 2.60. The van der Waals surface area contributed by atoms with Crippen molar-refractivity contribution in [3.05, 3.63) is 53.6 Å². The van der Waals surface area contributed by atoms with E-state index in [4.69, 9.17) is 9.47 Å². The highest BCUT2D eigenvalue weighted by Crippen LogP contribution is 2.30. The largest absolute Gasteiger partial charge is 0.497 e. The van der Waals surface area contributed by atoms with Crippen molar-refractivity contribution in [3.63, 3.8) is 0 Å². The Bertz CT molecular complexity index is 771. The predicted molar refractivity (Wildman–Crippen MR) is 89.3 cm³/mol. The summed E-state index contributed by atoms with van der Waals surface area (Å²) in [6.45, 7) is 2.07. The molecule has 2 aromatic carbocycles. The summed E-state index contributed by atoms with van der Waals surface area (Å²) in [5, 5.41) is 5.59. The van der Waals surface area contributed by atoms with E-state index in [1.165, 1.54) is 0 Å². The Labute approximate surface area is 139 Å². The van der Waals surface area contributed by atoms with Gasteiger partial charge in [-0.25, -0.2) is 0 Å². The Morgan fingerprint density at radius 3 is 2.71 bits per heavy atom. The molecule has 6 heteroatoms. The van der Waals surface area contributed by atoms with Crippen LogP contribution in [0.25, 0.3) is 0 Å². The van der Waals surface area contributed by atoms with Crippen LogP contribution in [-0.2, 0) is 11.3 Å². The summed E-state index contributed by atoms with van der Waals surface area (Å²) in [5.41, 5.74) is 2.02. The SMILES string of the molecule is COc1ccc(CNC(=O)c2ccc3c(c2)OC(C)C(=O)N3)cc1. The van der Waals surface area contributed by atoms with E-state index in [0.29, 0.717) is 23.5 Å². The van der Waals surface area contributed by atoms with Gasteiger partial charge >= 0.3 is 0 Å². The van der Waals surface area contributed by atoms with Crippen LogP contribution in [0.3, 0.4) is 0 Å². The van der Waals surface area contributed by atoms with Crippen molar-refractivity contribution >= 4 is 17.5 Å². The zero-order chi connectivity index (χ0) is 17.1. The lowest BCUT2D eigenvalue weighted by atomic mass is 10.1. The monoisotopic (exact) mass is 326 g/mol. The lowest BCUT2D eigenvalue weighted by Gasteiger charge is -2.23. The molecule has 1 atom stereocenters. The number of hydrogen-bond acceptors (Lipinski definition) is 4. The fourth-order valence-corrected chi connectivity index (χ4v) is 2.37. The fraction of sp³-hybridized carbons (Fsp3) is 0.222. The van der Waals surface area contributed by atoms with Gasteiger partial charge < -0.3 is 20.1 Å². The van der Waals surface area contributed by atoms with Gasteiger partial charge in [-0.05, 0) is 42.8 Å². The Morgan fingerprint density at radius 2 is 2.00 bits per heavy atom. The average molecular weight is 326 g/mol. The number of rotatable bonds is 4. The quantitative estimate of drug-likeness (QED) is 0.904. The summed E-state index contributed by atoms with van der Waals surface area (Å²) in [7, 11) is 1.61. The molecule has 6 nitrogen and oxygen atoms in total. The molecule has 1 unspecified atom stereocenters. The second-order valence-corrected chi connectivity index (χ2v) is 5.49. The van der Waals surface area contributed by atoms with Crippen LogP contribution in [-0.4, -0.2) is 25.0 Å². The topological polar surface area (TPSA) is 76.7 Å². The van der Waals surface area contributed by atoms with Gasteiger partial charge in [-0.15, -0.1) is 0 Å². The van der Waals surface area contributed by atoms with E-state index in [0.717, 1.165) is 11.3 Å². The number of ether oxygens (including phenoxy) is 2. The maximum absolute atomic E-state index is 12.3. The fourth-order valence-electron chi connectivity index (χ4n) is 2.37. The minimum Gasteiger partial charge on any atom is -0.497 e. The second-order valence-electron chi connectivity index (χ2n) is 5.49. The Kier molecular flexibility index (Phi) is 4.37. The number of fused-ring (bicyclic) bond motifs is 1. The molecule has 0 radical (unpaired) electrons. The van der Waals surface area contributed by atoms with E-state index < -0.39 is 6.10 Å². The molecular weight excluding hydrogens is 308 g/mol. The highest BCUT2D eigenvalue weighted by atomic mass is 16.5. The van der Waals surface area contributed by atoms with Crippen molar-refractivity contribution in [2.45, 2.75) is 19.6 Å². The number of anilines is 1. The maximum atomic E-state index is 12.3. The molecule has 2 aromatic rings. The minimum absolute atomic E-state index is 0.195. The van der Waals surface area contributed by atoms with E-state index >= 15 is 0 Å². The first-order valence-corrected chi connectivity index (χ1v) is 7.59. The molecule has 0 spiro atoms. The third kappa shape index (κ3) is 3.32. The summed E-state index contributed by atoms with van der Waals surface area (Å²) >= 11 is 0. The smallest absolute Gasteiger partial charge is 0.265 e. The van der Waals surface area contributed by atoms with Gasteiger partial charge in [0.2, 0.25) is 0 Å². The first kappa shape index (κ1) is 15.9. The van der Waals surface area contributed by atoms with Crippen molar-refractivity contribution in [1.29, 1.82) is 0 Å². The summed E-state index contributed by atoms with van der Waals surface area (Å²) < 4.78 is 10.6. The minimum atomic E-state index is -0.574. The number of benzene rings is 2. The number of amides is 2. The zero-order valence-electron chi connectivity index (χ0n) is 13.5. The van der Waals surface area contributed by atoms with E-state index in [2.05, 4.69) is 10.6 Å². The van der Waals surface area contributed by atoms with Gasteiger partial charge in [0, 0.05) is 12.1 Å². The molecule has 1 aliphatic rings. The molecule has 2 amide bonds. The molecule has 1 heterocycles. The van der Waals surface area contributed by atoms with Crippen molar-refractivity contribution in [1.82, 2.24) is 5.32 Å². The van der Waals surface area contributed by atoms with Crippen LogP contribution in [0, 0.1) is 0 Å². The van der Waals surface area contributed by atoms with Gasteiger partial charge in [0.05, 0.1) is 12.8 Å². The summed E-state index contributed by atoms with van der Waals surface area (Å²) in [4.78, 5) is 23.9. The summed E-state index contributed by atoms with van der Waals surface area (Å²) in [6, 6.07) is 12.4. The molecular formula is C18H18N2O4. The van der Waals surface area contributed by atoms with Crippen LogP contribution in [0.1, 0.15) is 22.8 Å². The molecule has 0 saturated heterocycles. The number of carbonyl (C=O) groups is 2. The van der Waals surface area contributed by atoms with Gasteiger partial charge in [0.25, 0.3) is 11.8 Å². The molecule has 24 heavy (non-hydrogen) atoms. The molecule has 0 bridgehead atoms. The van der Waals surface area contributed by atoms with E-state index in [1.807, 2.05) is 24.3 Å². The van der Waals surface area contributed by atoms with Gasteiger partial charge in [0.15, 0.2) is 6.10 Å². The van der Waals surface area contributed by atoms with Gasteiger partial charge in [0.1, 0.15) is 11.5 Å². The normalized spacial score (nSPS) is 15.8. The first-order chi connectivity index (χ1) is 11.6. The maximum Gasteiger partial charge on any atom is 0.265 e. The first-order valence-electron chi connectivity index (χ1n) is 7.59. The van der Waals surface area contributed by atoms with Crippen LogP contribution < -0.4 is 20.1 Å². The molecule has 0 aliphatic carbocycles. The molecule has 0 fully saturated rings. The van der Waals surface area contributed by atoms with E-state index in [9.17, 15) is 9.59 Å². The highest BCUT2D eigenvalue weighted by Gasteiger charge is 2.24. The van der Waals surface area contributed by atoms with Crippen molar-refractivity contribution in [3.8, 4) is 11.5 Å². The van der Waals surface area contributed by atoms with Gasteiger partial charge in [-0.1, -0.05) is 12.1 Å². The number of carbonyl (C=O) groups excluding carboxylic acids is 2. The van der Waals surface area contributed by atoms with E-state index in [1.54, 1.807) is 32.2 Å². The third-order valence-corrected chi connectivity index (χ3v) is 3.79. The standard InChI is InChI=1S/C18H18N2O4/c1-11-17(21)20-15-8-5-13(9-16(15)24-11)18(22)19-10-12-3-6-14(23-2)7-4-12/h3-9,11H,10H2,1-2H3,(H,19,22)(H,20,21). The van der Waals surface area contributed by atoms with Crippen molar-refractivity contribution in [2.24, 2.45) is 0 Å². The number of hydrogen-bond donors (Lipinski definition) is 2. The molecule has 1 aliphatic heterocycles. The molecule has 3 rings (SSSR count). The molecule has 124 valence electrons. The van der Waals surface area contributed by atoms with Crippen LogP contribution in [0.5, 0.6) is 11.5 Å².